The van der Waals surface area contributed by atoms with Crippen molar-refractivity contribution < 1.29 is 4.74 Å². The molecule has 0 aliphatic heterocycles. The molecule has 7 heteroatoms. The van der Waals surface area contributed by atoms with Crippen molar-refractivity contribution in [1.82, 2.24) is 25.4 Å². The maximum Gasteiger partial charge on any atom is 0.281 e. The first-order valence-electron chi connectivity index (χ1n) is 8.87. The molecule has 27 heavy (non-hydrogen) atoms. The largest absolute Gasteiger partial charge is 0.493 e. The Morgan fingerprint density at radius 1 is 1.04 bits per heavy atom. The number of aryl methyl sites for hydroxylation is 1. The van der Waals surface area contributed by atoms with Crippen LogP contribution in [-0.4, -0.2) is 32.0 Å². The molecule has 4 rings (SSSR count). The smallest absolute Gasteiger partial charge is 0.281 e. The molecule has 2 heterocycles. The number of nitrogens with zero attached hydrogens (tertiary/aromatic N) is 3. The predicted molar refractivity (Wildman–Crippen MR) is 104 cm³/mol. The molecule has 0 spiro atoms. The van der Waals surface area contributed by atoms with E-state index in [2.05, 4.69) is 56.6 Å². The van der Waals surface area contributed by atoms with Crippen molar-refractivity contribution in [2.75, 3.05) is 6.61 Å². The van der Waals surface area contributed by atoms with Crippen LogP contribution >= 0.6 is 0 Å². The van der Waals surface area contributed by atoms with Gasteiger partial charge >= 0.3 is 0 Å². The normalized spacial score (nSPS) is 11.0. The van der Waals surface area contributed by atoms with E-state index in [-0.39, 0.29) is 16.7 Å². The van der Waals surface area contributed by atoms with E-state index in [4.69, 9.17) is 4.74 Å². The van der Waals surface area contributed by atoms with Gasteiger partial charge in [-0.25, -0.2) is 4.98 Å². The minimum Gasteiger partial charge on any atom is -0.493 e. The molecule has 4 aromatic rings. The van der Waals surface area contributed by atoms with Crippen molar-refractivity contribution in [3.63, 3.8) is 0 Å². The number of aromatic nitrogens is 5. The van der Waals surface area contributed by atoms with Crippen LogP contribution in [0.1, 0.15) is 19.4 Å². The van der Waals surface area contributed by atoms with Crippen molar-refractivity contribution in [1.29, 1.82) is 0 Å². The molecule has 2 N–H and O–H groups in total. The van der Waals surface area contributed by atoms with Gasteiger partial charge in [-0.2, -0.15) is 5.21 Å². The van der Waals surface area contributed by atoms with Crippen LogP contribution in [0.2, 0.25) is 0 Å². The van der Waals surface area contributed by atoms with Gasteiger partial charge in [0.05, 0.1) is 12.2 Å². The summed E-state index contributed by atoms with van der Waals surface area (Å²) in [6.45, 7) is 4.56. The highest BCUT2D eigenvalue weighted by atomic mass is 16.5. The Kier molecular flexibility index (Phi) is 4.42. The van der Waals surface area contributed by atoms with Crippen LogP contribution in [0.4, 0.5) is 0 Å². The molecule has 0 aliphatic rings. The zero-order chi connectivity index (χ0) is 18.8. The van der Waals surface area contributed by atoms with Gasteiger partial charge in [0.2, 0.25) is 5.65 Å². The molecule has 7 nitrogen and oxygen atoms in total. The summed E-state index contributed by atoms with van der Waals surface area (Å²) in [4.78, 5) is 19.4. The van der Waals surface area contributed by atoms with Crippen LogP contribution in [0.25, 0.3) is 33.7 Å². The molecule has 0 atom stereocenters. The molecule has 0 amide bonds. The highest BCUT2D eigenvalue weighted by Gasteiger charge is 2.14. The fourth-order valence-electron chi connectivity index (χ4n) is 3.03. The number of nitrogens with one attached hydrogen (secondary N) is 2. The minimum atomic E-state index is -0.342. The first-order valence-corrected chi connectivity index (χ1v) is 8.87. The summed E-state index contributed by atoms with van der Waals surface area (Å²) in [7, 11) is 0. The average Bonchev–Trinajstić information content (AvgIpc) is 3.17. The summed E-state index contributed by atoms with van der Waals surface area (Å²) in [5.41, 5.74) is 4.26. The molecule has 0 fully saturated rings. The monoisotopic (exact) mass is 361 g/mol. The molecule has 0 aliphatic carbocycles. The lowest BCUT2D eigenvalue weighted by molar-refractivity contribution is 0.341. The van der Waals surface area contributed by atoms with Gasteiger partial charge in [0.1, 0.15) is 11.6 Å². The lowest BCUT2D eigenvalue weighted by Gasteiger charge is -2.12. The number of H-pyrrole nitrogens is 2. The zero-order valence-corrected chi connectivity index (χ0v) is 15.1. The van der Waals surface area contributed by atoms with Crippen LogP contribution in [-0.2, 0) is 6.42 Å². The molecule has 0 radical (unpaired) electrons. The Hall–Kier alpha value is -3.48. The number of hydrogen-bond acceptors (Lipinski definition) is 5. The summed E-state index contributed by atoms with van der Waals surface area (Å²) in [6, 6.07) is 14.3. The molecule has 0 unspecified atom stereocenters. The summed E-state index contributed by atoms with van der Waals surface area (Å²) in [5, 5.41) is 10.2. The second kappa shape index (κ2) is 7.03. The van der Waals surface area contributed by atoms with Gasteiger partial charge in [0.25, 0.3) is 5.56 Å². The number of hydrogen-bond donors (Lipinski definition) is 2. The second-order valence-corrected chi connectivity index (χ2v) is 6.11. The van der Waals surface area contributed by atoms with E-state index in [1.165, 1.54) is 5.56 Å². The number of rotatable bonds is 5. The Bertz CT molecular complexity index is 1160. The first kappa shape index (κ1) is 17.0. The number of benzene rings is 2. The van der Waals surface area contributed by atoms with Crippen LogP contribution in [0.3, 0.4) is 0 Å². The lowest BCUT2D eigenvalue weighted by atomic mass is 10.00. The quantitative estimate of drug-likeness (QED) is 0.568. The molecule has 0 bridgehead atoms. The third-order valence-electron chi connectivity index (χ3n) is 4.40. The molecular weight excluding hydrogens is 342 g/mol. The SMILES string of the molecule is CCOc1cc(-c2cccc(CC)c2)ccc1-c1nc2n[nH]nc2c(=O)[nH]1. The van der Waals surface area contributed by atoms with Gasteiger partial charge in [0.15, 0.2) is 5.52 Å². The van der Waals surface area contributed by atoms with Crippen LogP contribution in [0.5, 0.6) is 5.75 Å². The van der Waals surface area contributed by atoms with Gasteiger partial charge in [-0.15, -0.1) is 10.2 Å². The topological polar surface area (TPSA) is 96.6 Å². The number of fused-ring (bicyclic) bond motifs is 1. The third kappa shape index (κ3) is 3.19. The fraction of sp³-hybridized carbons (Fsp3) is 0.200. The predicted octanol–water partition coefficient (Wildman–Crippen LogP) is 3.34. The summed E-state index contributed by atoms with van der Waals surface area (Å²) in [5.74, 6) is 1.06. The van der Waals surface area contributed by atoms with Crippen LogP contribution < -0.4 is 10.3 Å². The Labute approximate surface area is 155 Å². The maximum atomic E-state index is 12.2. The third-order valence-corrected chi connectivity index (χ3v) is 4.40. The molecule has 0 saturated carbocycles. The molecular formula is C20H19N5O2. The highest BCUT2D eigenvalue weighted by molar-refractivity contribution is 5.76. The van der Waals surface area contributed by atoms with E-state index >= 15 is 0 Å². The van der Waals surface area contributed by atoms with Crippen LogP contribution in [0, 0.1) is 0 Å². The Morgan fingerprint density at radius 2 is 1.89 bits per heavy atom. The number of aromatic amines is 2. The van der Waals surface area contributed by atoms with Crippen molar-refractivity contribution >= 4 is 11.2 Å². The van der Waals surface area contributed by atoms with Gasteiger partial charge < -0.3 is 9.72 Å². The molecule has 2 aromatic heterocycles. The van der Waals surface area contributed by atoms with Crippen molar-refractivity contribution in [2.24, 2.45) is 0 Å². The summed E-state index contributed by atoms with van der Waals surface area (Å²) in [6.07, 6.45) is 0.979. The van der Waals surface area contributed by atoms with Gasteiger partial charge in [-0.3, -0.25) is 4.79 Å². The van der Waals surface area contributed by atoms with E-state index in [0.29, 0.717) is 23.7 Å². The van der Waals surface area contributed by atoms with Crippen molar-refractivity contribution in [2.45, 2.75) is 20.3 Å². The minimum absolute atomic E-state index is 0.185. The Morgan fingerprint density at radius 3 is 2.70 bits per heavy atom. The zero-order valence-electron chi connectivity index (χ0n) is 15.1. The summed E-state index contributed by atoms with van der Waals surface area (Å²) < 4.78 is 5.84. The van der Waals surface area contributed by atoms with E-state index in [0.717, 1.165) is 17.5 Å². The Balaban J connectivity index is 1.84. The second-order valence-electron chi connectivity index (χ2n) is 6.11. The van der Waals surface area contributed by atoms with Gasteiger partial charge in [-0.1, -0.05) is 37.3 Å². The highest BCUT2D eigenvalue weighted by Crippen LogP contribution is 2.33. The van der Waals surface area contributed by atoms with Gasteiger partial charge in [0, 0.05) is 0 Å². The van der Waals surface area contributed by atoms with E-state index in [1.54, 1.807) is 0 Å². The van der Waals surface area contributed by atoms with E-state index in [1.807, 2.05) is 25.1 Å². The fourth-order valence-corrected chi connectivity index (χ4v) is 3.03. The standard InChI is InChI=1S/C20H19N5O2/c1-3-12-6-5-7-13(10-12)14-8-9-15(16(11-14)27-4-2)18-21-19-17(20(26)22-18)23-25-24-19/h5-11H,3-4H2,1-2H3,(H2,21,22,23,24,25,26). The van der Waals surface area contributed by atoms with Crippen molar-refractivity contribution in [3.05, 3.63) is 58.4 Å². The van der Waals surface area contributed by atoms with Gasteiger partial charge in [-0.05, 0) is 42.2 Å². The van der Waals surface area contributed by atoms with Crippen molar-refractivity contribution in [3.8, 4) is 28.3 Å². The number of ether oxygens (including phenoxy) is 1. The molecule has 136 valence electrons. The molecule has 0 saturated heterocycles. The average molecular weight is 361 g/mol. The van der Waals surface area contributed by atoms with E-state index in [9.17, 15) is 4.79 Å². The summed E-state index contributed by atoms with van der Waals surface area (Å²) >= 11 is 0. The van der Waals surface area contributed by atoms with Crippen LogP contribution in [0.15, 0.2) is 47.3 Å². The molecule has 2 aromatic carbocycles. The first-order chi connectivity index (χ1) is 13.2. The maximum absolute atomic E-state index is 12.2. The lowest BCUT2D eigenvalue weighted by Crippen LogP contribution is -2.10. The van der Waals surface area contributed by atoms with E-state index < -0.39 is 0 Å².